The Morgan fingerprint density at radius 2 is 1.85 bits per heavy atom. The molecule has 102 valence electrons. The molecule has 2 N–H and O–H groups in total. The number of hydrogen-bond acceptors (Lipinski definition) is 3. The summed E-state index contributed by atoms with van der Waals surface area (Å²) >= 11 is 3.16. The minimum atomic E-state index is -1.01. The highest BCUT2D eigenvalue weighted by Gasteiger charge is 2.03. The fraction of sp³-hybridized carbons (Fsp3) is 0. The fourth-order valence-electron chi connectivity index (χ4n) is 1.46. The van der Waals surface area contributed by atoms with Crippen LogP contribution in [0.2, 0.25) is 0 Å². The van der Waals surface area contributed by atoms with E-state index in [9.17, 15) is 9.59 Å². The molecule has 1 aromatic carbocycles. The minimum absolute atomic E-state index is 0.166. The maximum absolute atomic E-state index is 11.6. The molecule has 2 rings (SSSR count). The number of furan rings is 1. The van der Waals surface area contributed by atoms with Gasteiger partial charge in [0.2, 0.25) is 5.91 Å². The normalized spacial score (nSPS) is 10.7. The van der Waals surface area contributed by atoms with Crippen LogP contribution >= 0.6 is 15.9 Å². The number of carbonyl (C=O) groups is 2. The predicted molar refractivity (Wildman–Crippen MR) is 77.5 cm³/mol. The number of carboxylic acid groups (broad SMARTS) is 1. The summed E-state index contributed by atoms with van der Waals surface area (Å²) < 4.78 is 5.80. The van der Waals surface area contributed by atoms with Crippen molar-refractivity contribution in [2.24, 2.45) is 0 Å². The smallest absolute Gasteiger partial charge is 0.335 e. The van der Waals surface area contributed by atoms with Crippen LogP contribution in [0.25, 0.3) is 6.08 Å². The highest BCUT2D eigenvalue weighted by Crippen LogP contribution is 2.15. The number of carboxylic acids is 1. The molecular formula is C14H10BrNO4. The first-order valence-electron chi connectivity index (χ1n) is 5.62. The number of amides is 1. The Hall–Kier alpha value is -2.34. The van der Waals surface area contributed by atoms with Crippen LogP contribution in [0.1, 0.15) is 16.1 Å². The number of halogens is 1. The van der Waals surface area contributed by atoms with Crippen LogP contribution in [-0.2, 0) is 4.79 Å². The van der Waals surface area contributed by atoms with E-state index in [2.05, 4.69) is 21.2 Å². The van der Waals surface area contributed by atoms with Crippen molar-refractivity contribution in [1.29, 1.82) is 0 Å². The molecule has 0 atom stereocenters. The first-order chi connectivity index (χ1) is 9.54. The second kappa shape index (κ2) is 6.21. The summed E-state index contributed by atoms with van der Waals surface area (Å²) in [5.41, 5.74) is 0.684. The maximum Gasteiger partial charge on any atom is 0.335 e. The third-order valence-electron chi connectivity index (χ3n) is 2.39. The van der Waals surface area contributed by atoms with E-state index in [1.165, 1.54) is 36.4 Å². The van der Waals surface area contributed by atoms with Crippen molar-refractivity contribution in [2.75, 3.05) is 5.32 Å². The lowest BCUT2D eigenvalue weighted by molar-refractivity contribution is -0.111. The summed E-state index contributed by atoms with van der Waals surface area (Å²) in [5, 5.41) is 11.4. The summed E-state index contributed by atoms with van der Waals surface area (Å²) in [5.74, 6) is -0.792. The van der Waals surface area contributed by atoms with Crippen molar-refractivity contribution >= 4 is 39.6 Å². The molecule has 1 heterocycles. The number of aromatic carboxylic acids is 1. The lowest BCUT2D eigenvalue weighted by Gasteiger charge is -2.02. The Morgan fingerprint density at radius 1 is 1.15 bits per heavy atom. The van der Waals surface area contributed by atoms with Gasteiger partial charge >= 0.3 is 5.97 Å². The topological polar surface area (TPSA) is 79.5 Å². The Morgan fingerprint density at radius 3 is 2.40 bits per heavy atom. The van der Waals surface area contributed by atoms with Gasteiger partial charge in [-0.3, -0.25) is 4.79 Å². The first-order valence-corrected chi connectivity index (χ1v) is 6.41. The first kappa shape index (κ1) is 14.1. The highest BCUT2D eigenvalue weighted by molar-refractivity contribution is 9.10. The van der Waals surface area contributed by atoms with E-state index in [0.717, 1.165) is 0 Å². The van der Waals surface area contributed by atoms with Crippen molar-refractivity contribution in [2.45, 2.75) is 0 Å². The van der Waals surface area contributed by atoms with E-state index in [-0.39, 0.29) is 11.5 Å². The van der Waals surface area contributed by atoms with Crippen LogP contribution in [0.3, 0.4) is 0 Å². The number of nitrogens with one attached hydrogen (secondary N) is 1. The quantitative estimate of drug-likeness (QED) is 0.839. The van der Waals surface area contributed by atoms with Gasteiger partial charge in [0, 0.05) is 11.8 Å². The Labute approximate surface area is 123 Å². The maximum atomic E-state index is 11.6. The van der Waals surface area contributed by atoms with Gasteiger partial charge in [0.1, 0.15) is 5.76 Å². The average molecular weight is 336 g/mol. The van der Waals surface area contributed by atoms with Crippen LogP contribution in [0, 0.1) is 0 Å². The van der Waals surface area contributed by atoms with Gasteiger partial charge in [0.05, 0.1) is 5.56 Å². The van der Waals surface area contributed by atoms with Crippen molar-refractivity contribution in [1.82, 2.24) is 0 Å². The summed E-state index contributed by atoms with van der Waals surface area (Å²) in [6.45, 7) is 0. The molecule has 0 fully saturated rings. The fourth-order valence-corrected chi connectivity index (χ4v) is 1.77. The zero-order chi connectivity index (χ0) is 14.5. The number of hydrogen-bond donors (Lipinski definition) is 2. The standard InChI is InChI=1S/C14H10BrNO4/c15-12-7-5-11(20-12)6-8-13(17)16-10-3-1-9(2-4-10)14(18)19/h1-8H,(H,16,17)(H,18,19)/b8-6+. The zero-order valence-electron chi connectivity index (χ0n) is 10.2. The monoisotopic (exact) mass is 335 g/mol. The largest absolute Gasteiger partial charge is 0.478 e. The second-order valence-electron chi connectivity index (χ2n) is 3.85. The summed E-state index contributed by atoms with van der Waals surface area (Å²) in [7, 11) is 0. The molecule has 5 nitrogen and oxygen atoms in total. The number of benzene rings is 1. The molecule has 0 aliphatic rings. The van der Waals surface area contributed by atoms with E-state index in [1.54, 1.807) is 12.1 Å². The highest BCUT2D eigenvalue weighted by atomic mass is 79.9. The molecule has 1 aromatic heterocycles. The van der Waals surface area contributed by atoms with Crippen molar-refractivity contribution in [3.8, 4) is 0 Å². The van der Waals surface area contributed by atoms with E-state index in [1.807, 2.05) is 0 Å². The Bertz CT molecular complexity index is 658. The van der Waals surface area contributed by atoms with Crippen LogP contribution in [0.4, 0.5) is 5.69 Å². The number of carbonyl (C=O) groups excluding carboxylic acids is 1. The van der Waals surface area contributed by atoms with E-state index < -0.39 is 5.97 Å². The lowest BCUT2D eigenvalue weighted by Crippen LogP contribution is -2.07. The van der Waals surface area contributed by atoms with Gasteiger partial charge in [0.25, 0.3) is 0 Å². The summed E-state index contributed by atoms with van der Waals surface area (Å²) in [6, 6.07) is 9.34. The van der Waals surface area contributed by atoms with E-state index in [0.29, 0.717) is 16.1 Å². The van der Waals surface area contributed by atoms with E-state index >= 15 is 0 Å². The van der Waals surface area contributed by atoms with Crippen LogP contribution in [0.5, 0.6) is 0 Å². The third kappa shape index (κ3) is 3.83. The van der Waals surface area contributed by atoms with Crippen molar-refractivity contribution in [3.63, 3.8) is 0 Å². The summed E-state index contributed by atoms with van der Waals surface area (Å²) in [6.07, 6.45) is 2.86. The molecule has 0 aliphatic carbocycles. The number of anilines is 1. The minimum Gasteiger partial charge on any atom is -0.478 e. The molecule has 0 aliphatic heterocycles. The molecule has 0 radical (unpaired) electrons. The second-order valence-corrected chi connectivity index (χ2v) is 4.63. The molecule has 1 amide bonds. The van der Waals surface area contributed by atoms with Crippen molar-refractivity contribution < 1.29 is 19.1 Å². The third-order valence-corrected chi connectivity index (χ3v) is 2.82. The van der Waals surface area contributed by atoms with Gasteiger partial charge in [-0.25, -0.2) is 4.79 Å². The van der Waals surface area contributed by atoms with Gasteiger partial charge in [-0.15, -0.1) is 0 Å². The Kier molecular flexibility index (Phi) is 4.37. The molecule has 0 bridgehead atoms. The lowest BCUT2D eigenvalue weighted by atomic mass is 10.2. The molecule has 20 heavy (non-hydrogen) atoms. The zero-order valence-corrected chi connectivity index (χ0v) is 11.8. The van der Waals surface area contributed by atoms with Gasteiger partial charge in [-0.1, -0.05) is 0 Å². The predicted octanol–water partition coefficient (Wildman–Crippen LogP) is 3.39. The molecule has 0 saturated heterocycles. The number of rotatable bonds is 4. The molecule has 0 unspecified atom stereocenters. The van der Waals surface area contributed by atoms with Crippen LogP contribution < -0.4 is 5.32 Å². The van der Waals surface area contributed by atoms with Crippen LogP contribution in [0.15, 0.2) is 51.6 Å². The molecule has 0 spiro atoms. The van der Waals surface area contributed by atoms with Gasteiger partial charge in [-0.2, -0.15) is 0 Å². The van der Waals surface area contributed by atoms with Crippen molar-refractivity contribution in [3.05, 3.63) is 58.5 Å². The molecule has 6 heteroatoms. The molecule has 2 aromatic rings. The Balaban J connectivity index is 1.97. The average Bonchev–Trinajstić information content (AvgIpc) is 2.83. The summed E-state index contributed by atoms with van der Waals surface area (Å²) in [4.78, 5) is 22.3. The molecular weight excluding hydrogens is 326 g/mol. The van der Waals surface area contributed by atoms with E-state index in [4.69, 9.17) is 9.52 Å². The van der Waals surface area contributed by atoms with Gasteiger partial charge in [0.15, 0.2) is 4.67 Å². The van der Waals surface area contributed by atoms with Crippen LogP contribution in [-0.4, -0.2) is 17.0 Å². The van der Waals surface area contributed by atoms with Gasteiger partial charge in [-0.05, 0) is 58.4 Å². The van der Waals surface area contributed by atoms with Gasteiger partial charge < -0.3 is 14.8 Å². The SMILES string of the molecule is O=C(/C=C/c1ccc(Br)o1)Nc1ccc(C(=O)O)cc1. The molecule has 0 saturated carbocycles.